The molecule has 0 saturated carbocycles. The van der Waals surface area contributed by atoms with Gasteiger partial charge in [-0.05, 0) is 37.3 Å². The predicted octanol–water partition coefficient (Wildman–Crippen LogP) is 2.72. The molecule has 0 spiro atoms. The van der Waals surface area contributed by atoms with Crippen molar-refractivity contribution in [1.29, 1.82) is 0 Å². The number of rotatable bonds is 2. The van der Waals surface area contributed by atoms with E-state index in [-0.39, 0.29) is 11.0 Å². The van der Waals surface area contributed by atoms with Crippen LogP contribution in [0, 0.1) is 0 Å². The van der Waals surface area contributed by atoms with E-state index < -0.39 is 27.0 Å². The summed E-state index contributed by atoms with van der Waals surface area (Å²) in [7, 11) is -5.89. The van der Waals surface area contributed by atoms with Crippen LogP contribution in [0.25, 0.3) is 11.0 Å². The van der Waals surface area contributed by atoms with Crippen LogP contribution in [0.3, 0.4) is 0 Å². The Balaban J connectivity index is 1.98. The van der Waals surface area contributed by atoms with E-state index in [1.807, 2.05) is 0 Å². The zero-order valence-electron chi connectivity index (χ0n) is 13.4. The number of hydrogen-bond donors (Lipinski definition) is 0. The first-order valence-electron chi connectivity index (χ1n) is 8.06. The molecule has 0 atom stereocenters. The third-order valence-electron chi connectivity index (χ3n) is 4.67. The van der Waals surface area contributed by atoms with Crippen molar-refractivity contribution in [3.8, 4) is 5.75 Å². The lowest BCUT2D eigenvalue weighted by atomic mass is 9.90. The molecule has 0 fully saturated rings. The van der Waals surface area contributed by atoms with Gasteiger partial charge < -0.3 is 13.5 Å². The first-order valence-corrected chi connectivity index (χ1v) is 9.46. The Bertz CT molecular complexity index is 1060. The van der Waals surface area contributed by atoms with Crippen LogP contribution in [0.1, 0.15) is 24.0 Å². The lowest BCUT2D eigenvalue weighted by molar-refractivity contribution is -0.0499. The van der Waals surface area contributed by atoms with Crippen molar-refractivity contribution < 1.29 is 30.2 Å². The predicted molar refractivity (Wildman–Crippen MR) is 86.9 cm³/mol. The maximum Gasteiger partial charge on any atom is 0.534 e. The fourth-order valence-electron chi connectivity index (χ4n) is 3.68. The zero-order chi connectivity index (χ0) is 18.7. The molecule has 140 valence electrons. The van der Waals surface area contributed by atoms with E-state index in [4.69, 9.17) is 4.42 Å². The summed E-state index contributed by atoms with van der Waals surface area (Å²) in [4.78, 5) is 14.0. The standard InChI is InChI=1S/C16H14F3NO5S/c17-16(18,19)26(22,23)25-12-8-13(21)24-15-10-4-2-6-20-5-1-3-9(14(10)20)7-11(12)15/h7-8H,1-6H2. The maximum absolute atomic E-state index is 12.7. The van der Waals surface area contributed by atoms with Crippen LogP contribution < -0.4 is 14.7 Å². The smallest absolute Gasteiger partial charge is 0.422 e. The normalized spacial score (nSPS) is 17.3. The summed E-state index contributed by atoms with van der Waals surface area (Å²) in [5, 5.41) is 0.0647. The third kappa shape index (κ3) is 2.63. The summed E-state index contributed by atoms with van der Waals surface area (Å²) in [6, 6.07) is 2.20. The summed E-state index contributed by atoms with van der Waals surface area (Å²) in [6.07, 6.45) is 2.99. The van der Waals surface area contributed by atoms with Crippen molar-refractivity contribution in [2.75, 3.05) is 18.0 Å². The molecule has 10 heteroatoms. The largest absolute Gasteiger partial charge is 0.534 e. The molecular formula is C16H14F3NO5S. The van der Waals surface area contributed by atoms with Crippen molar-refractivity contribution in [3.05, 3.63) is 33.7 Å². The van der Waals surface area contributed by atoms with Gasteiger partial charge in [-0.3, -0.25) is 0 Å². The summed E-state index contributed by atoms with van der Waals surface area (Å²) < 4.78 is 70.3. The minimum Gasteiger partial charge on any atom is -0.422 e. The topological polar surface area (TPSA) is 76.8 Å². The summed E-state index contributed by atoms with van der Waals surface area (Å²) in [5.74, 6) is -0.657. The molecule has 0 amide bonds. The zero-order valence-corrected chi connectivity index (χ0v) is 14.2. The van der Waals surface area contributed by atoms with Crippen LogP contribution in [0.2, 0.25) is 0 Å². The highest BCUT2D eigenvalue weighted by atomic mass is 32.2. The Labute approximate surface area is 146 Å². The van der Waals surface area contributed by atoms with Crippen LogP contribution in [0.15, 0.2) is 21.3 Å². The summed E-state index contributed by atoms with van der Waals surface area (Å²) in [5.41, 5.74) is -3.91. The van der Waals surface area contributed by atoms with Crippen molar-refractivity contribution in [1.82, 2.24) is 0 Å². The highest BCUT2D eigenvalue weighted by molar-refractivity contribution is 7.88. The molecule has 0 bridgehead atoms. The molecule has 4 rings (SSSR count). The Morgan fingerprint density at radius 3 is 2.50 bits per heavy atom. The number of anilines is 1. The van der Waals surface area contributed by atoms with Gasteiger partial charge in [0.1, 0.15) is 5.58 Å². The molecule has 1 aromatic heterocycles. The number of aryl methyl sites for hydroxylation is 2. The second-order valence-electron chi connectivity index (χ2n) is 6.35. The minimum absolute atomic E-state index is 0.0647. The van der Waals surface area contributed by atoms with Gasteiger partial charge in [0.05, 0.1) is 11.5 Å². The molecule has 26 heavy (non-hydrogen) atoms. The van der Waals surface area contributed by atoms with Crippen molar-refractivity contribution in [3.63, 3.8) is 0 Å². The molecule has 2 aromatic rings. The molecule has 0 radical (unpaired) electrons. The number of fused-ring (bicyclic) bond motifs is 2. The third-order valence-corrected chi connectivity index (χ3v) is 5.64. The van der Waals surface area contributed by atoms with Gasteiger partial charge in [0.15, 0.2) is 5.75 Å². The van der Waals surface area contributed by atoms with Crippen LogP contribution in [0.5, 0.6) is 5.75 Å². The van der Waals surface area contributed by atoms with Crippen LogP contribution in [0.4, 0.5) is 18.9 Å². The average Bonchev–Trinajstić information content (AvgIpc) is 2.55. The monoisotopic (exact) mass is 389 g/mol. The van der Waals surface area contributed by atoms with Gasteiger partial charge in [0, 0.05) is 24.3 Å². The van der Waals surface area contributed by atoms with Gasteiger partial charge >= 0.3 is 21.3 Å². The summed E-state index contributed by atoms with van der Waals surface area (Å²) >= 11 is 0. The van der Waals surface area contributed by atoms with E-state index in [1.165, 1.54) is 0 Å². The van der Waals surface area contributed by atoms with Gasteiger partial charge in [-0.2, -0.15) is 21.6 Å². The molecule has 0 N–H and O–H groups in total. The van der Waals surface area contributed by atoms with Crippen LogP contribution in [-0.2, 0) is 23.0 Å². The van der Waals surface area contributed by atoms with Crippen molar-refractivity contribution >= 4 is 26.8 Å². The lowest BCUT2D eigenvalue weighted by Gasteiger charge is -2.37. The number of halogens is 3. The second kappa shape index (κ2) is 5.63. The molecule has 2 aliphatic heterocycles. The summed E-state index contributed by atoms with van der Waals surface area (Å²) in [6.45, 7) is 1.71. The number of alkyl halides is 3. The minimum atomic E-state index is -5.89. The number of nitrogens with zero attached hydrogens (tertiary/aromatic N) is 1. The fourth-order valence-corrected chi connectivity index (χ4v) is 4.15. The van der Waals surface area contributed by atoms with E-state index in [9.17, 15) is 26.4 Å². The Hall–Kier alpha value is -2.23. The van der Waals surface area contributed by atoms with Gasteiger partial charge in [0.2, 0.25) is 0 Å². The van der Waals surface area contributed by atoms with Gasteiger partial charge in [0.25, 0.3) is 0 Å². The SMILES string of the molecule is O=c1cc(OS(=O)(=O)C(F)(F)F)c2cc3c4c(c2o1)CCCN4CCC3. The van der Waals surface area contributed by atoms with Crippen molar-refractivity contribution in [2.24, 2.45) is 0 Å². The molecule has 3 heterocycles. The van der Waals surface area contributed by atoms with E-state index in [0.29, 0.717) is 18.9 Å². The Kier molecular flexibility index (Phi) is 3.73. The highest BCUT2D eigenvalue weighted by Gasteiger charge is 2.49. The lowest BCUT2D eigenvalue weighted by Crippen LogP contribution is -2.34. The molecular weight excluding hydrogens is 375 g/mol. The number of hydrogen-bond acceptors (Lipinski definition) is 6. The van der Waals surface area contributed by atoms with Crippen LogP contribution in [-0.4, -0.2) is 27.0 Å². The molecule has 1 aromatic carbocycles. The van der Waals surface area contributed by atoms with Crippen LogP contribution >= 0.6 is 0 Å². The highest BCUT2D eigenvalue weighted by Crippen LogP contribution is 2.42. The van der Waals surface area contributed by atoms with E-state index in [2.05, 4.69) is 9.08 Å². The van der Waals surface area contributed by atoms with E-state index >= 15 is 0 Å². The maximum atomic E-state index is 12.7. The quantitative estimate of drug-likeness (QED) is 0.447. The van der Waals surface area contributed by atoms with Crippen molar-refractivity contribution in [2.45, 2.75) is 31.2 Å². The average molecular weight is 389 g/mol. The first kappa shape index (κ1) is 17.2. The van der Waals surface area contributed by atoms with E-state index in [1.54, 1.807) is 6.07 Å². The van der Waals surface area contributed by atoms with Gasteiger partial charge in [-0.15, -0.1) is 0 Å². The molecule has 0 saturated heterocycles. The second-order valence-corrected chi connectivity index (χ2v) is 7.88. The Morgan fingerprint density at radius 1 is 1.12 bits per heavy atom. The van der Waals surface area contributed by atoms with Gasteiger partial charge in [-0.1, -0.05) is 0 Å². The molecule has 0 unspecified atom stereocenters. The van der Waals surface area contributed by atoms with E-state index in [0.717, 1.165) is 42.7 Å². The Morgan fingerprint density at radius 2 is 1.81 bits per heavy atom. The molecule has 6 nitrogen and oxygen atoms in total. The molecule has 0 aliphatic carbocycles. The van der Waals surface area contributed by atoms with Gasteiger partial charge in [-0.25, -0.2) is 4.79 Å². The molecule has 2 aliphatic rings. The fraction of sp³-hybridized carbons (Fsp3) is 0.438. The first-order chi connectivity index (χ1) is 12.2. The number of benzene rings is 1.